The highest BCUT2D eigenvalue weighted by Gasteiger charge is 2.17. The largest absolute Gasteiger partial charge is 0.467 e. The first-order chi connectivity index (χ1) is 11.0. The SMILES string of the molecule is COC(=O)c1ccoc1Cn1cnc2c(Cl)cc(Cl)cc2c1=O. The van der Waals surface area contributed by atoms with E-state index in [0.29, 0.717) is 21.3 Å². The average molecular weight is 353 g/mol. The number of ether oxygens (including phenoxy) is 1. The van der Waals surface area contributed by atoms with E-state index in [2.05, 4.69) is 9.72 Å². The summed E-state index contributed by atoms with van der Waals surface area (Å²) in [5.41, 5.74) is 0.278. The van der Waals surface area contributed by atoms with E-state index in [4.69, 9.17) is 27.6 Å². The minimum atomic E-state index is -0.540. The molecule has 0 saturated heterocycles. The lowest BCUT2D eigenvalue weighted by Gasteiger charge is -2.07. The monoisotopic (exact) mass is 352 g/mol. The Bertz CT molecular complexity index is 962. The van der Waals surface area contributed by atoms with Gasteiger partial charge in [0, 0.05) is 5.02 Å². The smallest absolute Gasteiger partial charge is 0.341 e. The molecule has 0 amide bonds. The van der Waals surface area contributed by atoms with Crippen LogP contribution in [0.3, 0.4) is 0 Å². The molecule has 8 heteroatoms. The van der Waals surface area contributed by atoms with Crippen molar-refractivity contribution in [2.45, 2.75) is 6.54 Å². The Balaban J connectivity index is 2.09. The Kier molecular flexibility index (Phi) is 4.11. The summed E-state index contributed by atoms with van der Waals surface area (Å²) in [5, 5.41) is 0.925. The van der Waals surface area contributed by atoms with Gasteiger partial charge in [-0.15, -0.1) is 0 Å². The van der Waals surface area contributed by atoms with Crippen LogP contribution in [-0.2, 0) is 11.3 Å². The van der Waals surface area contributed by atoms with Crippen molar-refractivity contribution in [3.05, 3.63) is 62.5 Å². The van der Waals surface area contributed by atoms with Gasteiger partial charge in [-0.2, -0.15) is 0 Å². The first-order valence-corrected chi connectivity index (χ1v) is 7.25. The summed E-state index contributed by atoms with van der Waals surface area (Å²) < 4.78 is 11.2. The van der Waals surface area contributed by atoms with E-state index in [-0.39, 0.29) is 23.1 Å². The van der Waals surface area contributed by atoms with Gasteiger partial charge in [0.25, 0.3) is 5.56 Å². The van der Waals surface area contributed by atoms with Crippen molar-refractivity contribution in [3.8, 4) is 0 Å². The van der Waals surface area contributed by atoms with Crippen LogP contribution in [0.25, 0.3) is 10.9 Å². The van der Waals surface area contributed by atoms with Gasteiger partial charge in [0.05, 0.1) is 42.2 Å². The highest BCUT2D eigenvalue weighted by atomic mass is 35.5. The van der Waals surface area contributed by atoms with Crippen LogP contribution in [0.4, 0.5) is 0 Å². The van der Waals surface area contributed by atoms with Gasteiger partial charge in [-0.1, -0.05) is 23.2 Å². The van der Waals surface area contributed by atoms with Gasteiger partial charge in [-0.05, 0) is 18.2 Å². The molecule has 3 rings (SSSR count). The molecule has 2 heterocycles. The summed E-state index contributed by atoms with van der Waals surface area (Å²) >= 11 is 12.0. The van der Waals surface area contributed by atoms with E-state index in [9.17, 15) is 9.59 Å². The van der Waals surface area contributed by atoms with E-state index >= 15 is 0 Å². The fourth-order valence-electron chi connectivity index (χ4n) is 2.22. The molecular formula is C15H10Cl2N2O4. The van der Waals surface area contributed by atoms with Crippen molar-refractivity contribution in [2.75, 3.05) is 7.11 Å². The number of halogens is 2. The topological polar surface area (TPSA) is 74.3 Å². The van der Waals surface area contributed by atoms with Crippen LogP contribution < -0.4 is 5.56 Å². The third kappa shape index (κ3) is 2.83. The van der Waals surface area contributed by atoms with E-state index in [1.165, 1.54) is 42.5 Å². The number of carbonyl (C=O) groups is 1. The molecule has 0 bridgehead atoms. The quantitative estimate of drug-likeness (QED) is 0.677. The minimum absolute atomic E-state index is 0.0311. The first kappa shape index (κ1) is 15.6. The maximum absolute atomic E-state index is 12.6. The molecule has 118 valence electrons. The number of hydrogen-bond acceptors (Lipinski definition) is 5. The number of esters is 1. The Morgan fingerprint density at radius 2 is 2.17 bits per heavy atom. The van der Waals surface area contributed by atoms with Gasteiger partial charge in [-0.3, -0.25) is 9.36 Å². The van der Waals surface area contributed by atoms with Crippen molar-refractivity contribution < 1.29 is 13.9 Å². The number of fused-ring (bicyclic) bond motifs is 1. The van der Waals surface area contributed by atoms with Crippen LogP contribution in [-0.4, -0.2) is 22.6 Å². The second-order valence-electron chi connectivity index (χ2n) is 4.71. The molecule has 0 atom stereocenters. The summed E-state index contributed by atoms with van der Waals surface area (Å²) in [6.07, 6.45) is 2.70. The van der Waals surface area contributed by atoms with Crippen molar-refractivity contribution in [2.24, 2.45) is 0 Å². The van der Waals surface area contributed by atoms with Gasteiger partial charge in [0.1, 0.15) is 11.3 Å². The Labute approximate surface area is 140 Å². The predicted molar refractivity (Wildman–Crippen MR) is 85.2 cm³/mol. The van der Waals surface area contributed by atoms with Gasteiger partial charge in [0.15, 0.2) is 0 Å². The number of rotatable bonds is 3. The molecule has 0 N–H and O–H groups in total. The third-order valence-electron chi connectivity index (χ3n) is 3.31. The summed E-state index contributed by atoms with van der Waals surface area (Å²) in [6.45, 7) is 0.0311. The van der Waals surface area contributed by atoms with Gasteiger partial charge >= 0.3 is 5.97 Å². The molecule has 0 aliphatic rings. The Morgan fingerprint density at radius 3 is 2.91 bits per heavy atom. The number of furan rings is 1. The number of aromatic nitrogens is 2. The van der Waals surface area contributed by atoms with Crippen molar-refractivity contribution >= 4 is 40.1 Å². The van der Waals surface area contributed by atoms with Gasteiger partial charge in [0.2, 0.25) is 0 Å². The fourth-order valence-corrected chi connectivity index (χ4v) is 2.76. The molecule has 23 heavy (non-hydrogen) atoms. The molecular weight excluding hydrogens is 343 g/mol. The van der Waals surface area contributed by atoms with Crippen molar-refractivity contribution in [3.63, 3.8) is 0 Å². The van der Waals surface area contributed by atoms with E-state index < -0.39 is 5.97 Å². The third-order valence-corrected chi connectivity index (χ3v) is 3.82. The summed E-state index contributed by atoms with van der Waals surface area (Å²) in [7, 11) is 1.27. The molecule has 3 aromatic rings. The summed E-state index contributed by atoms with van der Waals surface area (Å²) in [4.78, 5) is 28.4. The molecule has 0 radical (unpaired) electrons. The van der Waals surface area contributed by atoms with Gasteiger partial charge in [-0.25, -0.2) is 9.78 Å². The first-order valence-electron chi connectivity index (χ1n) is 6.50. The van der Waals surface area contributed by atoms with Crippen LogP contribution in [0.5, 0.6) is 0 Å². The van der Waals surface area contributed by atoms with Crippen molar-refractivity contribution in [1.29, 1.82) is 0 Å². The van der Waals surface area contributed by atoms with Crippen LogP contribution in [0.1, 0.15) is 16.1 Å². The number of nitrogens with zero attached hydrogens (tertiary/aromatic N) is 2. The molecule has 0 spiro atoms. The Hall–Kier alpha value is -2.31. The predicted octanol–water partition coefficient (Wildman–Crippen LogP) is 3.13. The zero-order chi connectivity index (χ0) is 16.6. The Morgan fingerprint density at radius 1 is 1.39 bits per heavy atom. The van der Waals surface area contributed by atoms with Crippen LogP contribution in [0.2, 0.25) is 10.0 Å². The van der Waals surface area contributed by atoms with Crippen LogP contribution in [0.15, 0.2) is 40.0 Å². The van der Waals surface area contributed by atoms with Crippen LogP contribution >= 0.6 is 23.2 Å². The summed E-state index contributed by atoms with van der Waals surface area (Å²) in [5.74, 6) is -0.241. The molecule has 0 unspecified atom stereocenters. The van der Waals surface area contributed by atoms with Gasteiger partial charge < -0.3 is 9.15 Å². The molecule has 2 aromatic heterocycles. The summed E-state index contributed by atoms with van der Waals surface area (Å²) in [6, 6.07) is 4.50. The van der Waals surface area contributed by atoms with E-state index in [1.807, 2.05) is 0 Å². The minimum Gasteiger partial charge on any atom is -0.467 e. The number of methoxy groups -OCH3 is 1. The molecule has 6 nitrogen and oxygen atoms in total. The highest BCUT2D eigenvalue weighted by Crippen LogP contribution is 2.24. The average Bonchev–Trinajstić information content (AvgIpc) is 2.98. The lowest BCUT2D eigenvalue weighted by molar-refractivity contribution is 0.0598. The lowest BCUT2D eigenvalue weighted by Crippen LogP contribution is -2.22. The van der Waals surface area contributed by atoms with Crippen molar-refractivity contribution in [1.82, 2.24) is 9.55 Å². The molecule has 0 aliphatic heterocycles. The molecule has 0 saturated carbocycles. The fraction of sp³-hybridized carbons (Fsp3) is 0.133. The zero-order valence-corrected chi connectivity index (χ0v) is 13.4. The molecule has 0 aliphatic carbocycles. The molecule has 1 aromatic carbocycles. The number of benzene rings is 1. The van der Waals surface area contributed by atoms with E-state index in [0.717, 1.165) is 0 Å². The molecule has 0 fully saturated rings. The standard InChI is InChI=1S/C15H10Cl2N2O4/c1-22-15(21)9-2-3-23-12(9)6-19-7-18-13-10(14(19)20)4-8(16)5-11(13)17/h2-5,7H,6H2,1H3. The maximum atomic E-state index is 12.6. The number of carbonyl (C=O) groups excluding carboxylic acids is 1. The lowest BCUT2D eigenvalue weighted by atomic mass is 10.2. The zero-order valence-electron chi connectivity index (χ0n) is 11.9. The second kappa shape index (κ2) is 6.06. The van der Waals surface area contributed by atoms with Crippen LogP contribution in [0, 0.1) is 0 Å². The highest BCUT2D eigenvalue weighted by molar-refractivity contribution is 6.38. The normalized spacial score (nSPS) is 10.9. The number of hydrogen-bond donors (Lipinski definition) is 0. The second-order valence-corrected chi connectivity index (χ2v) is 5.55. The van der Waals surface area contributed by atoms with E-state index in [1.54, 1.807) is 0 Å². The maximum Gasteiger partial charge on any atom is 0.341 e.